The lowest BCUT2D eigenvalue weighted by Crippen LogP contribution is -2.52. The van der Waals surface area contributed by atoms with Crippen LogP contribution in [0.1, 0.15) is 61.1 Å². The fourth-order valence-corrected chi connectivity index (χ4v) is 9.06. The minimum Gasteiger partial charge on any atom is -0.384 e. The topological polar surface area (TPSA) is 174 Å². The average molecular weight is 826 g/mol. The van der Waals surface area contributed by atoms with Gasteiger partial charge in [0, 0.05) is 87.6 Å². The van der Waals surface area contributed by atoms with Crippen molar-refractivity contribution in [3.63, 3.8) is 0 Å². The highest BCUT2D eigenvalue weighted by Crippen LogP contribution is 2.33. The second-order valence-corrected chi connectivity index (χ2v) is 17.0. The van der Waals surface area contributed by atoms with Gasteiger partial charge in [-0.05, 0) is 99.2 Å². The number of hydrogen-bond donors (Lipinski definition) is 3. The molecule has 3 fully saturated rings. The van der Waals surface area contributed by atoms with Gasteiger partial charge in [-0.1, -0.05) is 12.1 Å². The van der Waals surface area contributed by atoms with Gasteiger partial charge in [0.15, 0.2) is 11.5 Å². The predicted octanol–water partition coefficient (Wildman–Crippen LogP) is 3.93. The quantitative estimate of drug-likeness (QED) is 0.130. The van der Waals surface area contributed by atoms with Crippen LogP contribution < -0.4 is 26.0 Å². The van der Waals surface area contributed by atoms with Crippen molar-refractivity contribution >= 4 is 51.8 Å². The van der Waals surface area contributed by atoms with Crippen molar-refractivity contribution in [1.29, 1.82) is 0 Å². The van der Waals surface area contributed by atoms with Gasteiger partial charge in [-0.3, -0.25) is 29.4 Å². The van der Waals surface area contributed by atoms with Gasteiger partial charge in [0.2, 0.25) is 17.8 Å². The van der Waals surface area contributed by atoms with Crippen molar-refractivity contribution in [3.8, 4) is 5.82 Å². The Hall–Kier alpha value is -6.39. The van der Waals surface area contributed by atoms with Crippen molar-refractivity contribution in [1.82, 2.24) is 39.4 Å². The summed E-state index contributed by atoms with van der Waals surface area (Å²) in [6, 6.07) is 19.0. The van der Waals surface area contributed by atoms with Gasteiger partial charge in [-0.15, -0.1) is 6.58 Å². The van der Waals surface area contributed by atoms with Crippen LogP contribution in [0, 0.1) is 5.92 Å². The molecule has 1 atom stereocenters. The maximum absolute atomic E-state index is 13.4. The van der Waals surface area contributed by atoms with Gasteiger partial charge >= 0.3 is 0 Å². The van der Waals surface area contributed by atoms with Crippen molar-refractivity contribution in [3.05, 3.63) is 107 Å². The average Bonchev–Trinajstić information content (AvgIpc) is 3.73. The summed E-state index contributed by atoms with van der Waals surface area (Å²) in [6.45, 7) is 14.7. The third-order valence-corrected chi connectivity index (χ3v) is 12.4. The van der Waals surface area contributed by atoms with Gasteiger partial charge in [0.25, 0.3) is 11.5 Å². The standard InChI is InChI=1S/C45H51N11O5/c1-4-18-55-43(60)35-26-46-44(50-40(35)56(55)38-7-5-6-37(48-38)45(2,3)61)47-31-8-10-32(11-9-31)53-23-21-51(22-24-53)27-29-16-19-52(20-17-29)33-12-13-34-30(25-33)28-54(42(34)59)36-14-15-39(57)49-41(36)58/h4-13,25-26,29,36,61H,1,14-24,27-28H2,2-3H3,(H,46,47,50)(H,49,57,58). The zero-order valence-corrected chi connectivity index (χ0v) is 34.6. The number of aromatic nitrogens is 5. The molecule has 16 heteroatoms. The molecule has 4 aliphatic heterocycles. The lowest BCUT2D eigenvalue weighted by molar-refractivity contribution is -0.136. The number of benzene rings is 2. The van der Waals surface area contributed by atoms with E-state index in [0.717, 1.165) is 81.3 Å². The molecule has 7 heterocycles. The number of rotatable bonds is 11. The van der Waals surface area contributed by atoms with E-state index in [0.29, 0.717) is 52.9 Å². The summed E-state index contributed by atoms with van der Waals surface area (Å²) in [5.41, 5.74) is 4.10. The molecule has 1 unspecified atom stereocenters. The van der Waals surface area contributed by atoms with Crippen molar-refractivity contribution in [2.45, 2.75) is 64.3 Å². The number of fused-ring (bicyclic) bond motifs is 2. The van der Waals surface area contributed by atoms with Gasteiger partial charge < -0.3 is 25.1 Å². The van der Waals surface area contributed by atoms with E-state index in [2.05, 4.69) is 60.1 Å². The smallest absolute Gasteiger partial charge is 0.278 e. The van der Waals surface area contributed by atoms with Gasteiger partial charge in [-0.2, -0.15) is 4.98 Å². The van der Waals surface area contributed by atoms with E-state index >= 15 is 0 Å². The van der Waals surface area contributed by atoms with Crippen LogP contribution in [0.2, 0.25) is 0 Å². The summed E-state index contributed by atoms with van der Waals surface area (Å²) in [5, 5.41) is 16.6. The van der Waals surface area contributed by atoms with Crippen LogP contribution in [-0.4, -0.2) is 109 Å². The highest BCUT2D eigenvalue weighted by atomic mass is 16.3. The predicted molar refractivity (Wildman–Crippen MR) is 232 cm³/mol. The fourth-order valence-electron chi connectivity index (χ4n) is 9.06. The first-order valence-electron chi connectivity index (χ1n) is 21.1. The second kappa shape index (κ2) is 16.2. The zero-order chi connectivity index (χ0) is 42.4. The van der Waals surface area contributed by atoms with E-state index in [1.165, 1.54) is 10.9 Å². The van der Waals surface area contributed by atoms with Gasteiger partial charge in [0.1, 0.15) is 17.0 Å². The van der Waals surface area contributed by atoms with E-state index in [-0.39, 0.29) is 36.2 Å². The summed E-state index contributed by atoms with van der Waals surface area (Å²) in [4.78, 5) is 73.6. The monoisotopic (exact) mass is 825 g/mol. The molecular formula is C45H51N11O5. The number of imide groups is 1. The molecule has 316 valence electrons. The Morgan fingerprint density at radius 2 is 1.64 bits per heavy atom. The number of aliphatic hydroxyl groups is 1. The van der Waals surface area contributed by atoms with Crippen LogP contribution in [0.25, 0.3) is 16.9 Å². The van der Waals surface area contributed by atoms with Crippen LogP contribution in [0.3, 0.4) is 0 Å². The van der Waals surface area contributed by atoms with Gasteiger partial charge in [-0.25, -0.2) is 19.3 Å². The van der Waals surface area contributed by atoms with Crippen LogP contribution in [-0.2, 0) is 28.3 Å². The van der Waals surface area contributed by atoms with E-state index in [1.807, 2.05) is 24.3 Å². The maximum atomic E-state index is 13.4. The van der Waals surface area contributed by atoms with E-state index in [1.54, 1.807) is 47.7 Å². The molecule has 4 aliphatic rings. The minimum absolute atomic E-state index is 0.138. The Labute approximate surface area is 353 Å². The number of amides is 3. The first-order valence-corrected chi connectivity index (χ1v) is 21.1. The number of allylic oxidation sites excluding steroid dienone is 1. The Kier molecular flexibility index (Phi) is 10.7. The number of anilines is 4. The van der Waals surface area contributed by atoms with E-state index in [9.17, 15) is 24.3 Å². The summed E-state index contributed by atoms with van der Waals surface area (Å²) >= 11 is 0. The molecule has 0 bridgehead atoms. The molecule has 0 spiro atoms. The zero-order valence-electron chi connectivity index (χ0n) is 34.6. The lowest BCUT2D eigenvalue weighted by atomic mass is 9.95. The highest BCUT2D eigenvalue weighted by molar-refractivity contribution is 6.05. The molecule has 0 aliphatic carbocycles. The molecule has 5 aromatic rings. The summed E-state index contributed by atoms with van der Waals surface area (Å²) < 4.78 is 3.16. The number of nitrogens with one attached hydrogen (secondary N) is 2. The Morgan fingerprint density at radius 1 is 0.902 bits per heavy atom. The van der Waals surface area contributed by atoms with Crippen LogP contribution in [0.4, 0.5) is 23.0 Å². The number of carbonyl (C=O) groups excluding carboxylic acids is 3. The molecule has 9 rings (SSSR count). The number of pyridine rings is 1. The van der Waals surface area contributed by atoms with Gasteiger partial charge in [0.05, 0.1) is 12.2 Å². The molecular weight excluding hydrogens is 775 g/mol. The number of hydrogen-bond acceptors (Lipinski definition) is 12. The second-order valence-electron chi connectivity index (χ2n) is 17.0. The minimum atomic E-state index is -1.17. The van der Waals surface area contributed by atoms with Crippen molar-refractivity contribution in [2.24, 2.45) is 5.92 Å². The highest BCUT2D eigenvalue weighted by Gasteiger charge is 2.39. The van der Waals surface area contributed by atoms with Crippen LogP contribution in [0.15, 0.2) is 84.3 Å². The molecule has 0 radical (unpaired) electrons. The number of carbonyl (C=O) groups is 3. The SMILES string of the molecule is C=CCn1c(=O)c2cnc(Nc3ccc(N4CCN(CC5CCN(c6ccc7c(c6)CN(C6CCC(=O)NC6=O)C7=O)CC5)CC4)cc3)nc2n1-c1cccc(C(C)(C)O)n1. The number of piperazine rings is 1. The normalized spacial score (nSPS) is 19.1. The van der Waals surface area contributed by atoms with Crippen molar-refractivity contribution < 1.29 is 19.5 Å². The lowest BCUT2D eigenvalue weighted by Gasteiger charge is -2.40. The van der Waals surface area contributed by atoms with Crippen LogP contribution >= 0.6 is 0 Å². The molecule has 3 aromatic heterocycles. The summed E-state index contributed by atoms with van der Waals surface area (Å²) in [6.07, 6.45) is 5.99. The third kappa shape index (κ3) is 8.00. The molecule has 0 saturated carbocycles. The Morgan fingerprint density at radius 3 is 2.36 bits per heavy atom. The molecule has 3 N–H and O–H groups in total. The van der Waals surface area contributed by atoms with Crippen LogP contribution in [0.5, 0.6) is 0 Å². The fraction of sp³-hybridized carbons (Fsp3) is 0.400. The number of piperidine rings is 2. The third-order valence-electron chi connectivity index (χ3n) is 12.4. The Balaban J connectivity index is 0.777. The molecule has 3 amide bonds. The van der Waals surface area contributed by atoms with E-state index < -0.39 is 11.6 Å². The van der Waals surface area contributed by atoms with Crippen molar-refractivity contribution in [2.75, 3.05) is 60.9 Å². The molecule has 16 nitrogen and oxygen atoms in total. The first-order chi connectivity index (χ1) is 29.4. The largest absolute Gasteiger partial charge is 0.384 e. The molecule has 3 saturated heterocycles. The maximum Gasteiger partial charge on any atom is 0.278 e. The molecule has 61 heavy (non-hydrogen) atoms. The number of nitrogens with zero attached hydrogens (tertiary/aromatic N) is 9. The Bertz CT molecular complexity index is 2560. The van der Waals surface area contributed by atoms with E-state index in [4.69, 9.17) is 4.98 Å². The summed E-state index contributed by atoms with van der Waals surface area (Å²) in [7, 11) is 0. The summed E-state index contributed by atoms with van der Waals surface area (Å²) in [5.74, 6) is 0.605. The molecule has 2 aromatic carbocycles. The first kappa shape index (κ1) is 40.0.